The van der Waals surface area contributed by atoms with Crippen molar-refractivity contribution in [1.82, 2.24) is 9.80 Å². The van der Waals surface area contributed by atoms with Crippen LogP contribution in [0.4, 0.5) is 0 Å². The molecule has 0 aromatic heterocycles. The Kier molecular flexibility index (Phi) is 4.16. The van der Waals surface area contributed by atoms with E-state index < -0.39 is 0 Å². The van der Waals surface area contributed by atoms with E-state index in [9.17, 15) is 4.79 Å². The van der Waals surface area contributed by atoms with Crippen LogP contribution in [-0.4, -0.2) is 61.1 Å². The molecular formula is C21H30N2O2. The lowest BCUT2D eigenvalue weighted by Crippen LogP contribution is -2.40. The minimum Gasteiger partial charge on any atom is -0.369 e. The molecule has 0 unspecified atom stereocenters. The van der Waals surface area contributed by atoms with Gasteiger partial charge in [-0.15, -0.1) is 0 Å². The van der Waals surface area contributed by atoms with Crippen LogP contribution in [0.5, 0.6) is 0 Å². The number of fused-ring (bicyclic) bond motifs is 1. The number of carbonyl (C=O) groups excluding carboxylic acids is 1. The first-order valence-corrected chi connectivity index (χ1v) is 9.54. The molecule has 3 aliphatic rings. The minimum absolute atomic E-state index is 0.0514. The van der Waals surface area contributed by atoms with Crippen LogP contribution in [0.1, 0.15) is 29.5 Å². The number of hydrogen-bond acceptors (Lipinski definition) is 3. The molecule has 0 radical (unpaired) electrons. The molecule has 136 valence electrons. The number of aryl methyl sites for hydroxylation is 2. The van der Waals surface area contributed by atoms with Gasteiger partial charge in [-0.05, 0) is 57.5 Å². The molecule has 3 aliphatic heterocycles. The minimum atomic E-state index is -0.0514. The van der Waals surface area contributed by atoms with Gasteiger partial charge in [-0.3, -0.25) is 4.79 Å². The zero-order valence-corrected chi connectivity index (χ0v) is 15.9. The molecule has 25 heavy (non-hydrogen) atoms. The Balaban J connectivity index is 1.46. The van der Waals surface area contributed by atoms with Crippen LogP contribution < -0.4 is 0 Å². The molecule has 1 aromatic rings. The van der Waals surface area contributed by atoms with Crippen LogP contribution in [0, 0.1) is 25.7 Å². The van der Waals surface area contributed by atoms with Crippen LogP contribution in [0.3, 0.4) is 0 Å². The standard InChI is InChI=1S/C21H30N2O2/c1-14-5-6-16(9-15(14)2)10-20(24)23-12-18-17(11-22(3)4)19-7-8-21(18,13-23)25-19/h5-6,9,17-19H,7-8,10-13H2,1-4H3/t17-,18+,19+,21+/m0/s1. The highest BCUT2D eigenvalue weighted by molar-refractivity contribution is 5.79. The highest BCUT2D eigenvalue weighted by Gasteiger charge is 2.63. The molecule has 4 rings (SSSR count). The second-order valence-electron chi connectivity index (χ2n) is 8.66. The summed E-state index contributed by atoms with van der Waals surface area (Å²) in [7, 11) is 4.27. The molecule has 4 atom stereocenters. The number of nitrogens with zero attached hydrogens (tertiary/aromatic N) is 2. The average Bonchev–Trinajstić information content (AvgIpc) is 3.20. The van der Waals surface area contributed by atoms with E-state index in [-0.39, 0.29) is 11.5 Å². The Morgan fingerprint density at radius 3 is 2.84 bits per heavy atom. The molecule has 4 nitrogen and oxygen atoms in total. The maximum atomic E-state index is 12.9. The summed E-state index contributed by atoms with van der Waals surface area (Å²) in [5, 5.41) is 0. The van der Waals surface area contributed by atoms with E-state index in [1.807, 2.05) is 0 Å². The van der Waals surface area contributed by atoms with Gasteiger partial charge in [0.05, 0.1) is 24.7 Å². The van der Waals surface area contributed by atoms with Crippen molar-refractivity contribution in [2.24, 2.45) is 11.8 Å². The molecule has 0 aliphatic carbocycles. The van der Waals surface area contributed by atoms with E-state index in [1.54, 1.807) is 0 Å². The highest BCUT2D eigenvalue weighted by atomic mass is 16.5. The molecule has 0 saturated carbocycles. The molecule has 3 heterocycles. The van der Waals surface area contributed by atoms with Crippen molar-refractivity contribution < 1.29 is 9.53 Å². The Labute approximate surface area is 151 Å². The van der Waals surface area contributed by atoms with Gasteiger partial charge in [0, 0.05) is 24.9 Å². The SMILES string of the molecule is Cc1ccc(CC(=O)N2C[C@@H]3[C@H](CN(C)C)[C@H]4CC[C@]3(C2)O4)cc1C. The van der Waals surface area contributed by atoms with Crippen molar-refractivity contribution in [3.63, 3.8) is 0 Å². The average molecular weight is 342 g/mol. The number of ether oxygens (including phenoxy) is 1. The van der Waals surface area contributed by atoms with Crippen LogP contribution in [0.2, 0.25) is 0 Å². The lowest BCUT2D eigenvalue weighted by atomic mass is 9.73. The zero-order chi connectivity index (χ0) is 17.8. The first-order valence-electron chi connectivity index (χ1n) is 9.54. The summed E-state index contributed by atoms with van der Waals surface area (Å²) in [5.74, 6) is 1.34. The van der Waals surface area contributed by atoms with Gasteiger partial charge >= 0.3 is 0 Å². The van der Waals surface area contributed by atoms with Crippen molar-refractivity contribution in [3.05, 3.63) is 34.9 Å². The first kappa shape index (κ1) is 17.0. The van der Waals surface area contributed by atoms with Gasteiger partial charge in [-0.2, -0.15) is 0 Å². The summed E-state index contributed by atoms with van der Waals surface area (Å²) < 4.78 is 6.44. The van der Waals surface area contributed by atoms with E-state index in [4.69, 9.17) is 4.74 Å². The number of rotatable bonds is 4. The van der Waals surface area contributed by atoms with Gasteiger partial charge < -0.3 is 14.5 Å². The number of likely N-dealkylation sites (tertiary alicyclic amines) is 1. The predicted molar refractivity (Wildman–Crippen MR) is 98.6 cm³/mol. The maximum absolute atomic E-state index is 12.9. The van der Waals surface area contributed by atoms with Crippen LogP contribution in [-0.2, 0) is 16.0 Å². The van der Waals surface area contributed by atoms with Gasteiger partial charge in [0.25, 0.3) is 0 Å². The first-order chi connectivity index (χ1) is 11.9. The summed E-state index contributed by atoms with van der Waals surface area (Å²) in [5.41, 5.74) is 3.61. The third-order valence-electron chi connectivity index (χ3n) is 6.64. The third kappa shape index (κ3) is 2.89. The van der Waals surface area contributed by atoms with Gasteiger partial charge in [0.1, 0.15) is 0 Å². The molecule has 1 spiro atoms. The Hall–Kier alpha value is -1.39. The molecule has 3 fully saturated rings. The highest BCUT2D eigenvalue weighted by Crippen LogP contribution is 2.54. The Morgan fingerprint density at radius 2 is 2.12 bits per heavy atom. The number of carbonyl (C=O) groups is 1. The summed E-state index contributed by atoms with van der Waals surface area (Å²) >= 11 is 0. The molecule has 4 heteroatoms. The quantitative estimate of drug-likeness (QED) is 0.842. The number of benzene rings is 1. The molecule has 3 saturated heterocycles. The lowest BCUT2D eigenvalue weighted by Gasteiger charge is -2.30. The fourth-order valence-corrected chi connectivity index (χ4v) is 5.25. The number of amides is 1. The normalized spacial score (nSPS) is 33.3. The largest absolute Gasteiger partial charge is 0.369 e. The summed E-state index contributed by atoms with van der Waals surface area (Å²) in [6.07, 6.45) is 3.20. The van der Waals surface area contributed by atoms with Crippen molar-refractivity contribution in [2.45, 2.75) is 44.8 Å². The predicted octanol–water partition coefficient (Wildman–Crippen LogP) is 2.41. The van der Waals surface area contributed by atoms with Crippen molar-refractivity contribution in [1.29, 1.82) is 0 Å². The number of hydrogen-bond donors (Lipinski definition) is 0. The monoisotopic (exact) mass is 342 g/mol. The van der Waals surface area contributed by atoms with Gasteiger partial charge in [0.2, 0.25) is 5.91 Å². The summed E-state index contributed by atoms with van der Waals surface area (Å²) in [6.45, 7) is 6.96. The van der Waals surface area contributed by atoms with E-state index in [1.165, 1.54) is 11.1 Å². The van der Waals surface area contributed by atoms with Crippen molar-refractivity contribution in [3.8, 4) is 0 Å². The smallest absolute Gasteiger partial charge is 0.227 e. The topological polar surface area (TPSA) is 32.8 Å². The van der Waals surface area contributed by atoms with E-state index >= 15 is 0 Å². The Morgan fingerprint density at radius 1 is 1.32 bits per heavy atom. The van der Waals surface area contributed by atoms with Crippen molar-refractivity contribution in [2.75, 3.05) is 33.7 Å². The third-order valence-corrected chi connectivity index (χ3v) is 6.64. The second kappa shape index (κ2) is 6.10. The van der Waals surface area contributed by atoms with E-state index in [2.05, 4.69) is 55.9 Å². The van der Waals surface area contributed by atoms with Gasteiger partial charge in [-0.1, -0.05) is 18.2 Å². The second-order valence-corrected chi connectivity index (χ2v) is 8.66. The summed E-state index contributed by atoms with van der Waals surface area (Å²) in [6, 6.07) is 6.36. The Bertz CT molecular complexity index is 686. The van der Waals surface area contributed by atoms with Crippen molar-refractivity contribution >= 4 is 5.91 Å². The molecule has 2 bridgehead atoms. The fourth-order valence-electron chi connectivity index (χ4n) is 5.25. The van der Waals surface area contributed by atoms with Crippen LogP contribution in [0.15, 0.2) is 18.2 Å². The zero-order valence-electron chi connectivity index (χ0n) is 15.9. The van der Waals surface area contributed by atoms with Gasteiger partial charge in [0.15, 0.2) is 0 Å². The van der Waals surface area contributed by atoms with Gasteiger partial charge in [-0.25, -0.2) is 0 Å². The molecule has 1 amide bonds. The molecule has 1 aromatic carbocycles. The van der Waals surface area contributed by atoms with E-state index in [0.29, 0.717) is 24.4 Å². The van der Waals surface area contributed by atoms with Crippen LogP contribution >= 0.6 is 0 Å². The van der Waals surface area contributed by atoms with E-state index in [0.717, 1.165) is 38.0 Å². The maximum Gasteiger partial charge on any atom is 0.227 e. The molecule has 0 N–H and O–H groups in total. The summed E-state index contributed by atoms with van der Waals surface area (Å²) in [4.78, 5) is 17.2. The fraction of sp³-hybridized carbons (Fsp3) is 0.667. The molecular weight excluding hydrogens is 312 g/mol. The van der Waals surface area contributed by atoms with Crippen LogP contribution in [0.25, 0.3) is 0 Å². The lowest BCUT2D eigenvalue weighted by molar-refractivity contribution is -0.131.